The first-order valence-corrected chi connectivity index (χ1v) is 10.5. The highest BCUT2D eigenvalue weighted by Gasteiger charge is 2.26. The van der Waals surface area contributed by atoms with E-state index in [-0.39, 0.29) is 11.9 Å². The van der Waals surface area contributed by atoms with Gasteiger partial charge in [0.15, 0.2) is 0 Å². The third kappa shape index (κ3) is 4.00. The highest BCUT2D eigenvalue weighted by molar-refractivity contribution is 7.16. The van der Waals surface area contributed by atoms with E-state index in [2.05, 4.69) is 67.7 Å². The lowest BCUT2D eigenvalue weighted by atomic mass is 10.1. The van der Waals surface area contributed by atoms with Crippen LogP contribution in [0.25, 0.3) is 10.2 Å². The maximum atomic E-state index is 12.6. The number of amides is 1. The molecule has 1 unspecified atom stereocenters. The van der Waals surface area contributed by atoms with Crippen molar-refractivity contribution in [3.8, 4) is 0 Å². The van der Waals surface area contributed by atoms with E-state index in [1.165, 1.54) is 5.56 Å². The van der Waals surface area contributed by atoms with Crippen molar-refractivity contribution in [3.63, 3.8) is 0 Å². The van der Waals surface area contributed by atoms with Crippen molar-refractivity contribution in [1.29, 1.82) is 0 Å². The molecule has 0 bridgehead atoms. The molecular formula is C21H25N5OS. The molecule has 0 spiro atoms. The lowest BCUT2D eigenvalue weighted by Gasteiger charge is -2.38. The van der Waals surface area contributed by atoms with Gasteiger partial charge in [-0.15, -0.1) is 11.3 Å². The molecule has 1 amide bonds. The van der Waals surface area contributed by atoms with Gasteiger partial charge in [-0.2, -0.15) is 0 Å². The fourth-order valence-electron chi connectivity index (χ4n) is 3.56. The predicted molar refractivity (Wildman–Crippen MR) is 114 cm³/mol. The van der Waals surface area contributed by atoms with Crippen LogP contribution in [0.3, 0.4) is 0 Å². The van der Waals surface area contributed by atoms with Crippen LogP contribution in [0.2, 0.25) is 0 Å². The molecule has 146 valence electrons. The average molecular weight is 396 g/mol. The zero-order valence-corrected chi connectivity index (χ0v) is 17.1. The van der Waals surface area contributed by atoms with Gasteiger partial charge in [0.2, 0.25) is 5.91 Å². The van der Waals surface area contributed by atoms with Crippen LogP contribution in [-0.4, -0.2) is 53.0 Å². The molecule has 1 aliphatic heterocycles. The fourth-order valence-corrected chi connectivity index (χ4v) is 4.29. The number of thiophene rings is 1. The minimum absolute atomic E-state index is 0.0799. The number of rotatable bonds is 5. The Morgan fingerprint density at radius 1 is 1.14 bits per heavy atom. The Hall–Kier alpha value is -2.51. The molecule has 3 aromatic rings. The number of anilines is 1. The van der Waals surface area contributed by atoms with Crippen molar-refractivity contribution in [1.82, 2.24) is 20.2 Å². The summed E-state index contributed by atoms with van der Waals surface area (Å²) in [5, 5.41) is 6.24. The van der Waals surface area contributed by atoms with Gasteiger partial charge in [0, 0.05) is 32.7 Å². The largest absolute Gasteiger partial charge is 0.353 e. The summed E-state index contributed by atoms with van der Waals surface area (Å²) in [6, 6.07) is 10.2. The molecule has 7 heteroatoms. The molecule has 3 heterocycles. The molecule has 6 nitrogen and oxygen atoms in total. The van der Waals surface area contributed by atoms with E-state index in [0.717, 1.165) is 47.8 Å². The molecule has 0 aliphatic carbocycles. The zero-order chi connectivity index (χ0) is 19.5. The second-order valence-corrected chi connectivity index (χ2v) is 8.13. The van der Waals surface area contributed by atoms with Gasteiger partial charge in [0.05, 0.1) is 11.4 Å². The molecule has 1 aliphatic rings. The van der Waals surface area contributed by atoms with Gasteiger partial charge in [0.1, 0.15) is 17.0 Å². The molecule has 1 saturated heterocycles. The average Bonchev–Trinajstić information content (AvgIpc) is 3.22. The number of aryl methyl sites for hydroxylation is 1. The van der Waals surface area contributed by atoms with Crippen molar-refractivity contribution in [2.75, 3.05) is 31.1 Å². The lowest BCUT2D eigenvalue weighted by Crippen LogP contribution is -2.54. The quantitative estimate of drug-likeness (QED) is 0.720. The number of hydrogen-bond acceptors (Lipinski definition) is 6. The van der Waals surface area contributed by atoms with Crippen molar-refractivity contribution >= 4 is 33.3 Å². The third-order valence-corrected chi connectivity index (χ3v) is 6.19. The van der Waals surface area contributed by atoms with Crippen LogP contribution in [0.1, 0.15) is 18.1 Å². The minimum Gasteiger partial charge on any atom is -0.353 e. The first kappa shape index (κ1) is 18.8. The number of fused-ring (bicyclic) bond motifs is 1. The molecule has 4 rings (SSSR count). The van der Waals surface area contributed by atoms with Crippen molar-refractivity contribution < 1.29 is 4.79 Å². The SMILES string of the molecule is Cc1ccc(CNC(=O)C(C)N2CCN(c3ncnc4sccc34)CC2)cc1. The Bertz CT molecular complexity index is 947. The van der Waals surface area contributed by atoms with Crippen LogP contribution in [-0.2, 0) is 11.3 Å². The van der Waals surface area contributed by atoms with Crippen LogP contribution in [0.5, 0.6) is 0 Å². The Labute approximate surface area is 169 Å². The van der Waals surface area contributed by atoms with Crippen LogP contribution in [0.4, 0.5) is 5.82 Å². The number of aromatic nitrogens is 2. The summed E-state index contributed by atoms with van der Waals surface area (Å²) < 4.78 is 0. The summed E-state index contributed by atoms with van der Waals surface area (Å²) in [4.78, 5) is 27.0. The van der Waals surface area contributed by atoms with Gasteiger partial charge in [0.25, 0.3) is 0 Å². The van der Waals surface area contributed by atoms with E-state index in [1.54, 1.807) is 17.7 Å². The van der Waals surface area contributed by atoms with Crippen molar-refractivity contribution in [2.45, 2.75) is 26.4 Å². The standard InChI is InChI=1S/C21H25N5OS/c1-15-3-5-17(6-4-15)13-22-20(27)16(2)25-8-10-26(11-9-25)19-18-7-12-28-21(18)24-14-23-19/h3-7,12,14,16H,8-11,13H2,1-2H3,(H,22,27). The minimum atomic E-state index is -0.140. The first-order chi connectivity index (χ1) is 13.6. The van der Waals surface area contributed by atoms with E-state index >= 15 is 0 Å². The maximum Gasteiger partial charge on any atom is 0.237 e. The molecule has 1 aromatic carbocycles. The van der Waals surface area contributed by atoms with E-state index in [4.69, 9.17) is 0 Å². The van der Waals surface area contributed by atoms with Gasteiger partial charge in [-0.1, -0.05) is 29.8 Å². The van der Waals surface area contributed by atoms with Crippen molar-refractivity contribution in [3.05, 3.63) is 53.2 Å². The molecule has 28 heavy (non-hydrogen) atoms. The Kier molecular flexibility index (Phi) is 5.54. The smallest absolute Gasteiger partial charge is 0.237 e. The number of hydrogen-bond donors (Lipinski definition) is 1. The van der Waals surface area contributed by atoms with E-state index < -0.39 is 0 Å². The van der Waals surface area contributed by atoms with Crippen LogP contribution < -0.4 is 10.2 Å². The molecule has 1 fully saturated rings. The Balaban J connectivity index is 1.32. The summed E-state index contributed by atoms with van der Waals surface area (Å²) in [7, 11) is 0. The van der Waals surface area contributed by atoms with Crippen LogP contribution in [0, 0.1) is 6.92 Å². The zero-order valence-electron chi connectivity index (χ0n) is 16.3. The van der Waals surface area contributed by atoms with Gasteiger partial charge >= 0.3 is 0 Å². The van der Waals surface area contributed by atoms with E-state index in [0.29, 0.717) is 6.54 Å². The Morgan fingerprint density at radius 3 is 2.64 bits per heavy atom. The summed E-state index contributed by atoms with van der Waals surface area (Å²) >= 11 is 1.64. The maximum absolute atomic E-state index is 12.6. The first-order valence-electron chi connectivity index (χ1n) is 9.62. The molecule has 0 saturated carbocycles. The highest BCUT2D eigenvalue weighted by Crippen LogP contribution is 2.27. The summed E-state index contributed by atoms with van der Waals surface area (Å²) in [5.41, 5.74) is 2.35. The van der Waals surface area contributed by atoms with Gasteiger partial charge in [-0.3, -0.25) is 9.69 Å². The number of carbonyl (C=O) groups excluding carboxylic acids is 1. The van der Waals surface area contributed by atoms with E-state index in [9.17, 15) is 4.79 Å². The number of nitrogens with zero attached hydrogens (tertiary/aromatic N) is 4. The van der Waals surface area contributed by atoms with Crippen molar-refractivity contribution in [2.24, 2.45) is 0 Å². The second kappa shape index (κ2) is 8.24. The Morgan fingerprint density at radius 2 is 1.89 bits per heavy atom. The number of piperazine rings is 1. The summed E-state index contributed by atoms with van der Waals surface area (Å²) in [6.45, 7) is 8.02. The second-order valence-electron chi connectivity index (χ2n) is 7.24. The number of carbonyl (C=O) groups is 1. The lowest BCUT2D eigenvalue weighted by molar-refractivity contribution is -0.126. The highest BCUT2D eigenvalue weighted by atomic mass is 32.1. The topological polar surface area (TPSA) is 61.4 Å². The van der Waals surface area contributed by atoms with Crippen LogP contribution >= 0.6 is 11.3 Å². The van der Waals surface area contributed by atoms with Gasteiger partial charge in [-0.25, -0.2) is 9.97 Å². The fraction of sp³-hybridized carbons (Fsp3) is 0.381. The van der Waals surface area contributed by atoms with Gasteiger partial charge in [-0.05, 0) is 30.9 Å². The molecule has 2 aromatic heterocycles. The molecular weight excluding hydrogens is 370 g/mol. The number of benzene rings is 1. The van der Waals surface area contributed by atoms with E-state index in [1.807, 2.05) is 6.92 Å². The third-order valence-electron chi connectivity index (χ3n) is 5.37. The molecule has 0 radical (unpaired) electrons. The predicted octanol–water partition coefficient (Wildman–Crippen LogP) is 2.83. The molecule has 1 atom stereocenters. The summed E-state index contributed by atoms with van der Waals surface area (Å²) in [6.07, 6.45) is 1.64. The monoisotopic (exact) mass is 395 g/mol. The summed E-state index contributed by atoms with van der Waals surface area (Å²) in [5.74, 6) is 1.08. The van der Waals surface area contributed by atoms with Gasteiger partial charge < -0.3 is 10.2 Å². The van der Waals surface area contributed by atoms with Crippen LogP contribution in [0.15, 0.2) is 42.0 Å². The normalized spacial score (nSPS) is 16.3. The number of nitrogens with one attached hydrogen (secondary N) is 1. The molecule has 1 N–H and O–H groups in total.